The van der Waals surface area contributed by atoms with Crippen molar-refractivity contribution >= 4 is 39.3 Å². The molecule has 1 amide bonds. The van der Waals surface area contributed by atoms with Gasteiger partial charge in [0.05, 0.1) is 10.4 Å². The summed E-state index contributed by atoms with van der Waals surface area (Å²) >= 11 is 4.81. The predicted molar refractivity (Wildman–Crippen MR) is 82.6 cm³/mol. The van der Waals surface area contributed by atoms with Crippen LogP contribution in [0.1, 0.15) is 11.5 Å². The van der Waals surface area contributed by atoms with Gasteiger partial charge in [-0.1, -0.05) is 18.2 Å². The summed E-state index contributed by atoms with van der Waals surface area (Å²) < 4.78 is 13.5. The van der Waals surface area contributed by atoms with E-state index in [1.807, 2.05) is 24.3 Å². The second-order valence-corrected chi connectivity index (χ2v) is 6.44. The van der Waals surface area contributed by atoms with Gasteiger partial charge in [0, 0.05) is 16.3 Å². The fourth-order valence-corrected chi connectivity index (χ4v) is 3.79. The molecule has 1 heterocycles. The van der Waals surface area contributed by atoms with E-state index in [9.17, 15) is 9.18 Å². The second kappa shape index (κ2) is 5.58. The molecule has 2 nitrogen and oxygen atoms in total. The minimum Gasteiger partial charge on any atom is -0.325 e. The highest BCUT2D eigenvalue weighted by molar-refractivity contribution is 9.10. The number of hydrogen-bond acceptors (Lipinski definition) is 2. The monoisotopic (exact) mass is 351 g/mol. The Balaban J connectivity index is 1.79. The number of rotatable bonds is 2. The number of amides is 1. The van der Waals surface area contributed by atoms with Crippen molar-refractivity contribution in [2.24, 2.45) is 0 Å². The van der Waals surface area contributed by atoms with Gasteiger partial charge >= 0.3 is 0 Å². The van der Waals surface area contributed by atoms with E-state index in [0.717, 1.165) is 16.2 Å². The smallest absolute Gasteiger partial charge is 0.232 e. The van der Waals surface area contributed by atoms with E-state index in [1.54, 1.807) is 23.9 Å². The summed E-state index contributed by atoms with van der Waals surface area (Å²) in [6.07, 6.45) is 0. The zero-order valence-electron chi connectivity index (χ0n) is 10.4. The Bertz CT molecular complexity index is 677. The number of nitrogens with one attached hydrogen (secondary N) is 1. The zero-order valence-corrected chi connectivity index (χ0v) is 12.8. The summed E-state index contributed by atoms with van der Waals surface area (Å²) in [5.74, 6) is 0.193. The quantitative estimate of drug-likeness (QED) is 0.867. The standard InChI is InChI=1S/C15H11BrFNOS/c16-12-7-9(5-6-13(12)17)18-15(19)11-8-20-14-4-2-1-3-10(11)14/h1-7,11H,8H2,(H,18,19). The fourth-order valence-electron chi connectivity index (χ4n) is 2.18. The maximum atomic E-state index is 13.2. The number of benzene rings is 2. The minimum atomic E-state index is -0.343. The van der Waals surface area contributed by atoms with Crippen molar-refractivity contribution in [3.63, 3.8) is 0 Å². The van der Waals surface area contributed by atoms with Crippen LogP contribution in [0, 0.1) is 5.82 Å². The molecule has 0 saturated heterocycles. The first-order valence-electron chi connectivity index (χ1n) is 6.13. The van der Waals surface area contributed by atoms with E-state index in [4.69, 9.17) is 0 Å². The molecule has 0 aromatic heterocycles. The van der Waals surface area contributed by atoms with Crippen LogP contribution >= 0.6 is 27.7 Å². The number of thioether (sulfide) groups is 1. The molecule has 1 N–H and O–H groups in total. The first kappa shape index (κ1) is 13.6. The number of anilines is 1. The molecule has 1 atom stereocenters. The largest absolute Gasteiger partial charge is 0.325 e. The third-order valence-electron chi connectivity index (χ3n) is 3.20. The molecule has 0 saturated carbocycles. The van der Waals surface area contributed by atoms with Gasteiger partial charge in [-0.05, 0) is 45.8 Å². The summed E-state index contributed by atoms with van der Waals surface area (Å²) in [6, 6.07) is 12.4. The highest BCUT2D eigenvalue weighted by Crippen LogP contribution is 2.39. The highest BCUT2D eigenvalue weighted by atomic mass is 79.9. The predicted octanol–water partition coefficient (Wildman–Crippen LogP) is 4.42. The van der Waals surface area contributed by atoms with Gasteiger partial charge in [0.25, 0.3) is 0 Å². The number of fused-ring (bicyclic) bond motifs is 1. The Morgan fingerprint density at radius 1 is 1.30 bits per heavy atom. The summed E-state index contributed by atoms with van der Waals surface area (Å²) in [6.45, 7) is 0. The van der Waals surface area contributed by atoms with E-state index in [0.29, 0.717) is 10.2 Å². The Hall–Kier alpha value is -1.33. The van der Waals surface area contributed by atoms with Gasteiger partial charge in [0.15, 0.2) is 0 Å². The van der Waals surface area contributed by atoms with Crippen molar-refractivity contribution < 1.29 is 9.18 Å². The van der Waals surface area contributed by atoms with Crippen LogP contribution in [0.15, 0.2) is 51.8 Å². The van der Waals surface area contributed by atoms with E-state index in [-0.39, 0.29) is 17.6 Å². The molecule has 0 aliphatic carbocycles. The van der Waals surface area contributed by atoms with Gasteiger partial charge in [-0.15, -0.1) is 11.8 Å². The molecule has 5 heteroatoms. The lowest BCUT2D eigenvalue weighted by Crippen LogP contribution is -2.21. The van der Waals surface area contributed by atoms with Crippen molar-refractivity contribution in [1.82, 2.24) is 0 Å². The molecule has 20 heavy (non-hydrogen) atoms. The lowest BCUT2D eigenvalue weighted by atomic mass is 10.0. The Kier molecular flexibility index (Phi) is 3.81. The maximum absolute atomic E-state index is 13.2. The summed E-state index contributed by atoms with van der Waals surface area (Å²) in [4.78, 5) is 13.5. The normalized spacial score (nSPS) is 16.8. The van der Waals surface area contributed by atoms with Gasteiger partial charge in [0.1, 0.15) is 5.82 Å². The zero-order chi connectivity index (χ0) is 14.1. The molecular formula is C15H11BrFNOS. The molecule has 102 valence electrons. The lowest BCUT2D eigenvalue weighted by Gasteiger charge is -2.12. The number of carbonyl (C=O) groups excluding carboxylic acids is 1. The van der Waals surface area contributed by atoms with Crippen LogP contribution in [-0.4, -0.2) is 11.7 Å². The minimum absolute atomic E-state index is 0.0547. The fraction of sp³-hybridized carbons (Fsp3) is 0.133. The summed E-state index contributed by atoms with van der Waals surface area (Å²) in [5.41, 5.74) is 1.66. The van der Waals surface area contributed by atoms with Gasteiger partial charge in [0.2, 0.25) is 5.91 Å². The SMILES string of the molecule is O=C(Nc1ccc(F)c(Br)c1)C1CSc2ccccc21. The molecular weight excluding hydrogens is 341 g/mol. The molecule has 1 aliphatic heterocycles. The van der Waals surface area contributed by atoms with Crippen molar-refractivity contribution in [1.29, 1.82) is 0 Å². The van der Waals surface area contributed by atoms with Crippen molar-refractivity contribution in [3.8, 4) is 0 Å². The average molecular weight is 352 g/mol. The topological polar surface area (TPSA) is 29.1 Å². The summed E-state index contributed by atoms with van der Waals surface area (Å²) in [5, 5.41) is 2.84. The third-order valence-corrected chi connectivity index (χ3v) is 4.99. The number of carbonyl (C=O) groups is 1. The summed E-state index contributed by atoms with van der Waals surface area (Å²) in [7, 11) is 0. The maximum Gasteiger partial charge on any atom is 0.232 e. The van der Waals surface area contributed by atoms with Crippen LogP contribution in [0.4, 0.5) is 10.1 Å². The Labute approximate surface area is 128 Å². The van der Waals surface area contributed by atoms with E-state index < -0.39 is 0 Å². The van der Waals surface area contributed by atoms with Crippen molar-refractivity contribution in [2.75, 3.05) is 11.1 Å². The first-order valence-corrected chi connectivity index (χ1v) is 7.90. The Morgan fingerprint density at radius 2 is 2.10 bits per heavy atom. The Morgan fingerprint density at radius 3 is 2.90 bits per heavy atom. The molecule has 0 bridgehead atoms. The number of hydrogen-bond donors (Lipinski definition) is 1. The van der Waals surface area contributed by atoms with E-state index in [1.165, 1.54) is 6.07 Å². The van der Waals surface area contributed by atoms with Gasteiger partial charge in [-0.25, -0.2) is 4.39 Å². The van der Waals surface area contributed by atoms with Gasteiger partial charge in [-0.2, -0.15) is 0 Å². The van der Waals surface area contributed by atoms with Crippen LogP contribution < -0.4 is 5.32 Å². The van der Waals surface area contributed by atoms with E-state index >= 15 is 0 Å². The highest BCUT2D eigenvalue weighted by Gasteiger charge is 2.28. The van der Waals surface area contributed by atoms with Crippen LogP contribution in [0.2, 0.25) is 0 Å². The molecule has 3 rings (SSSR count). The molecule has 1 unspecified atom stereocenters. The van der Waals surface area contributed by atoms with Crippen molar-refractivity contribution in [2.45, 2.75) is 10.8 Å². The van der Waals surface area contributed by atoms with Crippen molar-refractivity contribution in [3.05, 3.63) is 58.3 Å². The van der Waals surface area contributed by atoms with Crippen LogP contribution in [0.25, 0.3) is 0 Å². The second-order valence-electron chi connectivity index (χ2n) is 4.52. The lowest BCUT2D eigenvalue weighted by molar-refractivity contribution is -0.117. The first-order chi connectivity index (χ1) is 9.65. The molecule has 0 radical (unpaired) electrons. The molecule has 0 fully saturated rings. The van der Waals surface area contributed by atoms with Crippen LogP contribution in [0.3, 0.4) is 0 Å². The van der Waals surface area contributed by atoms with Gasteiger partial charge < -0.3 is 5.32 Å². The molecule has 2 aromatic rings. The molecule has 0 spiro atoms. The third kappa shape index (κ3) is 2.60. The van der Waals surface area contributed by atoms with Gasteiger partial charge in [-0.3, -0.25) is 4.79 Å². The molecule has 2 aromatic carbocycles. The van der Waals surface area contributed by atoms with Crippen LogP contribution in [0.5, 0.6) is 0 Å². The number of halogens is 2. The molecule has 1 aliphatic rings. The van der Waals surface area contributed by atoms with E-state index in [2.05, 4.69) is 21.2 Å². The average Bonchev–Trinajstić information content (AvgIpc) is 2.87. The van der Waals surface area contributed by atoms with Crippen LogP contribution in [-0.2, 0) is 4.79 Å².